The molecular weight excluding hydrogens is 471 g/mol. The fourth-order valence-corrected chi connectivity index (χ4v) is 3.54. The highest BCUT2D eigenvalue weighted by atomic mass is 32.1. The third-order valence-corrected chi connectivity index (χ3v) is 5.46. The molecule has 0 saturated heterocycles. The number of pyridine rings is 1. The Balaban J connectivity index is 1.75. The molecule has 178 valence electrons. The number of nitrogens with one attached hydrogen (secondary N) is 2. The molecule has 11 heteroatoms. The van der Waals surface area contributed by atoms with Crippen LogP contribution in [0.1, 0.15) is 30.0 Å². The normalized spacial score (nSPS) is 14.3. The van der Waals surface area contributed by atoms with Crippen LogP contribution in [0.4, 0.5) is 23.7 Å². The Morgan fingerprint density at radius 1 is 1.18 bits per heavy atom. The Hall–Kier alpha value is -3.73. The average molecular weight is 491 g/mol. The lowest BCUT2D eigenvalue weighted by Gasteiger charge is -2.19. The van der Waals surface area contributed by atoms with E-state index in [0.29, 0.717) is 11.3 Å². The first kappa shape index (κ1) is 24.9. The number of alkyl halides is 3. The predicted molar refractivity (Wildman–Crippen MR) is 124 cm³/mol. The molecule has 1 atom stereocenters. The highest BCUT2D eigenvalue weighted by molar-refractivity contribution is 7.80. The van der Waals surface area contributed by atoms with E-state index in [9.17, 15) is 27.6 Å². The van der Waals surface area contributed by atoms with Crippen LogP contribution in [-0.4, -0.2) is 26.5 Å². The van der Waals surface area contributed by atoms with Gasteiger partial charge in [-0.1, -0.05) is 42.6 Å². The van der Waals surface area contributed by atoms with E-state index >= 15 is 0 Å². The number of anilines is 1. The maximum Gasteiger partial charge on any atom is 0.416 e. The van der Waals surface area contributed by atoms with Crippen LogP contribution >= 0.6 is 12.2 Å². The number of aliphatic carboxylic acids is 1. The number of nitrogens with zero attached hydrogens (tertiary/aromatic N) is 1. The molecule has 1 aliphatic carbocycles. The van der Waals surface area contributed by atoms with Crippen molar-refractivity contribution in [2.75, 3.05) is 5.32 Å². The van der Waals surface area contributed by atoms with Gasteiger partial charge in [-0.15, -0.1) is 0 Å². The highest BCUT2D eigenvalue weighted by Gasteiger charge is 2.30. The van der Waals surface area contributed by atoms with Gasteiger partial charge in [-0.3, -0.25) is 9.59 Å². The van der Waals surface area contributed by atoms with Crippen molar-refractivity contribution in [3.05, 3.63) is 87.9 Å². The fraction of sp³-hybridized carbons (Fsp3) is 0.217. The SMILES string of the molecule is O=C(O)C[C@H](NC(=O)Nc1cccn(CC2=CC=CCC2=S)c1=O)c1ccc(C(F)(F)F)cc1. The zero-order valence-electron chi connectivity index (χ0n) is 17.6. The first-order chi connectivity index (χ1) is 16.0. The minimum atomic E-state index is -4.55. The summed E-state index contributed by atoms with van der Waals surface area (Å²) in [7, 11) is 0. The molecule has 0 aliphatic heterocycles. The molecule has 1 heterocycles. The Bertz CT molecular complexity index is 1220. The van der Waals surface area contributed by atoms with Crippen LogP contribution in [0.5, 0.6) is 0 Å². The van der Waals surface area contributed by atoms with E-state index < -0.39 is 41.8 Å². The van der Waals surface area contributed by atoms with Crippen LogP contribution in [0.2, 0.25) is 0 Å². The van der Waals surface area contributed by atoms with E-state index in [-0.39, 0.29) is 17.8 Å². The maximum atomic E-state index is 12.8. The van der Waals surface area contributed by atoms with Crippen LogP contribution in [0.3, 0.4) is 0 Å². The van der Waals surface area contributed by atoms with Gasteiger partial charge in [0.25, 0.3) is 5.56 Å². The molecule has 0 unspecified atom stereocenters. The summed E-state index contributed by atoms with van der Waals surface area (Å²) < 4.78 is 39.8. The van der Waals surface area contributed by atoms with Crippen molar-refractivity contribution in [2.24, 2.45) is 0 Å². The van der Waals surface area contributed by atoms with Crippen molar-refractivity contribution in [1.82, 2.24) is 9.88 Å². The molecule has 0 spiro atoms. The second kappa shape index (κ2) is 10.5. The molecule has 0 bridgehead atoms. The number of halogens is 3. The van der Waals surface area contributed by atoms with Gasteiger partial charge in [-0.25, -0.2) is 4.79 Å². The Kier molecular flexibility index (Phi) is 7.67. The second-order valence-electron chi connectivity index (χ2n) is 7.47. The third-order valence-electron chi connectivity index (χ3n) is 5.03. The van der Waals surface area contributed by atoms with Gasteiger partial charge >= 0.3 is 18.2 Å². The Morgan fingerprint density at radius 3 is 2.50 bits per heavy atom. The number of aromatic nitrogens is 1. The first-order valence-corrected chi connectivity index (χ1v) is 10.5. The number of hydrogen-bond donors (Lipinski definition) is 3. The standard InChI is InChI=1S/C23H20F3N3O4S/c24-23(25,26)16-9-7-14(8-10-16)18(12-20(30)31)28-22(33)27-17-5-3-11-29(21(17)32)13-15-4-1-2-6-19(15)34/h1-5,7-11,18H,6,12-13H2,(H,30,31)(H2,27,28,33)/t18-/m0/s1. The van der Waals surface area contributed by atoms with E-state index in [1.54, 1.807) is 12.3 Å². The summed E-state index contributed by atoms with van der Waals surface area (Å²) >= 11 is 5.30. The summed E-state index contributed by atoms with van der Waals surface area (Å²) in [6, 6.07) is 4.75. The minimum Gasteiger partial charge on any atom is -0.481 e. The molecule has 0 saturated carbocycles. The van der Waals surface area contributed by atoms with Gasteiger partial charge in [0.15, 0.2) is 0 Å². The third kappa shape index (κ3) is 6.41. The molecule has 2 aromatic rings. The Labute approximate surface area is 197 Å². The van der Waals surface area contributed by atoms with Crippen LogP contribution in [0, 0.1) is 0 Å². The summed E-state index contributed by atoms with van der Waals surface area (Å²) in [5.74, 6) is -1.27. The second-order valence-corrected chi connectivity index (χ2v) is 7.96. The highest BCUT2D eigenvalue weighted by Crippen LogP contribution is 2.30. The smallest absolute Gasteiger partial charge is 0.416 e. The largest absolute Gasteiger partial charge is 0.481 e. The Morgan fingerprint density at radius 2 is 1.88 bits per heavy atom. The number of urea groups is 1. The van der Waals surface area contributed by atoms with E-state index in [0.717, 1.165) is 29.8 Å². The van der Waals surface area contributed by atoms with Crippen LogP contribution in [-0.2, 0) is 17.5 Å². The van der Waals surface area contributed by atoms with E-state index in [1.165, 1.54) is 10.6 Å². The monoisotopic (exact) mass is 491 g/mol. The summed E-state index contributed by atoms with van der Waals surface area (Å²) in [6.07, 6.45) is 2.58. The van der Waals surface area contributed by atoms with Crippen molar-refractivity contribution in [2.45, 2.75) is 31.6 Å². The van der Waals surface area contributed by atoms with Gasteiger partial charge in [0, 0.05) is 17.5 Å². The number of carbonyl (C=O) groups excluding carboxylic acids is 1. The number of rotatable bonds is 7. The quantitative estimate of drug-likeness (QED) is 0.497. The molecule has 2 amide bonds. The molecule has 1 aromatic carbocycles. The fourth-order valence-electron chi connectivity index (χ4n) is 3.31. The zero-order valence-corrected chi connectivity index (χ0v) is 18.4. The van der Waals surface area contributed by atoms with Crippen LogP contribution < -0.4 is 16.2 Å². The molecule has 7 nitrogen and oxygen atoms in total. The predicted octanol–water partition coefficient (Wildman–Crippen LogP) is 4.46. The summed E-state index contributed by atoms with van der Waals surface area (Å²) in [5.41, 5.74) is -0.492. The number of carboxylic acids is 1. The summed E-state index contributed by atoms with van der Waals surface area (Å²) in [4.78, 5) is 37.3. The minimum absolute atomic E-state index is 0.0561. The molecule has 1 aromatic heterocycles. The lowest BCUT2D eigenvalue weighted by molar-refractivity contribution is -0.138. The number of amides is 2. The van der Waals surface area contributed by atoms with E-state index in [2.05, 4.69) is 10.6 Å². The van der Waals surface area contributed by atoms with Crippen molar-refractivity contribution in [3.8, 4) is 0 Å². The zero-order chi connectivity index (χ0) is 24.9. The van der Waals surface area contributed by atoms with E-state index in [4.69, 9.17) is 17.3 Å². The lowest BCUT2D eigenvalue weighted by Crippen LogP contribution is -2.36. The summed E-state index contributed by atoms with van der Waals surface area (Å²) in [5, 5.41) is 14.0. The number of thiocarbonyl (C=S) groups is 1. The van der Waals surface area contributed by atoms with Crippen LogP contribution in [0.15, 0.2) is 71.2 Å². The van der Waals surface area contributed by atoms with Crippen molar-refractivity contribution < 1.29 is 27.9 Å². The molecule has 1 aliphatic rings. The van der Waals surface area contributed by atoms with Gasteiger partial charge in [-0.2, -0.15) is 13.2 Å². The van der Waals surface area contributed by atoms with Crippen LogP contribution in [0.25, 0.3) is 0 Å². The number of carbonyl (C=O) groups is 2. The summed E-state index contributed by atoms with van der Waals surface area (Å²) in [6.45, 7) is 0.215. The first-order valence-electron chi connectivity index (χ1n) is 10.1. The van der Waals surface area contributed by atoms with Gasteiger partial charge in [0.2, 0.25) is 0 Å². The number of allylic oxidation sites excluding steroid dienone is 4. The maximum absolute atomic E-state index is 12.8. The molecular formula is C23H20F3N3O4S. The number of benzene rings is 1. The van der Waals surface area contributed by atoms with Crippen molar-refractivity contribution in [3.63, 3.8) is 0 Å². The topological polar surface area (TPSA) is 100 Å². The van der Waals surface area contributed by atoms with Gasteiger partial charge in [-0.05, 0) is 35.4 Å². The average Bonchev–Trinajstić information content (AvgIpc) is 2.77. The molecule has 0 radical (unpaired) electrons. The molecule has 34 heavy (non-hydrogen) atoms. The van der Waals surface area contributed by atoms with Gasteiger partial charge in [0.1, 0.15) is 5.69 Å². The van der Waals surface area contributed by atoms with E-state index in [1.807, 2.05) is 18.2 Å². The molecule has 0 fully saturated rings. The van der Waals surface area contributed by atoms with Crippen molar-refractivity contribution >= 4 is 34.8 Å². The number of carboxylic acid groups (broad SMARTS) is 1. The van der Waals surface area contributed by atoms with Gasteiger partial charge in [0.05, 0.1) is 24.6 Å². The lowest BCUT2D eigenvalue weighted by atomic mass is 10.0. The number of hydrogen-bond acceptors (Lipinski definition) is 4. The molecule has 3 N–H and O–H groups in total. The van der Waals surface area contributed by atoms with Gasteiger partial charge < -0.3 is 20.3 Å². The van der Waals surface area contributed by atoms with Crippen molar-refractivity contribution in [1.29, 1.82) is 0 Å². The molecule has 3 rings (SSSR count).